The maximum absolute atomic E-state index is 13.5. The third-order valence-corrected chi connectivity index (χ3v) is 3.08. The Balaban J connectivity index is 1.98. The monoisotopic (exact) mass is 295 g/mol. The standard InChI is InChI=1S/C16H16F3NO/c1-2-11-3-5-12(6-4-11)10-20-13-7-8-15(14(17)9-13)21-16(18)19/h3-9,16,20H,2,10H2,1H3. The van der Waals surface area contributed by atoms with Crippen LogP contribution in [0, 0.1) is 5.82 Å². The lowest BCUT2D eigenvalue weighted by atomic mass is 10.1. The summed E-state index contributed by atoms with van der Waals surface area (Å²) in [6.07, 6.45) is 0.977. The number of aryl methyl sites for hydroxylation is 1. The number of halogens is 3. The number of alkyl halides is 2. The van der Waals surface area contributed by atoms with E-state index in [-0.39, 0.29) is 0 Å². The summed E-state index contributed by atoms with van der Waals surface area (Å²) in [5.74, 6) is -1.27. The van der Waals surface area contributed by atoms with Crippen LogP contribution in [-0.4, -0.2) is 6.61 Å². The molecule has 2 aromatic carbocycles. The van der Waals surface area contributed by atoms with Gasteiger partial charge in [0.25, 0.3) is 0 Å². The highest BCUT2D eigenvalue weighted by Crippen LogP contribution is 2.23. The maximum atomic E-state index is 13.5. The number of benzene rings is 2. The van der Waals surface area contributed by atoms with E-state index in [1.807, 2.05) is 24.3 Å². The molecule has 0 bridgehead atoms. The maximum Gasteiger partial charge on any atom is 0.387 e. The van der Waals surface area contributed by atoms with Gasteiger partial charge in [-0.1, -0.05) is 31.2 Å². The van der Waals surface area contributed by atoms with Gasteiger partial charge in [-0.3, -0.25) is 0 Å². The molecule has 0 saturated heterocycles. The first-order valence-corrected chi connectivity index (χ1v) is 6.64. The molecule has 0 fully saturated rings. The molecular weight excluding hydrogens is 279 g/mol. The topological polar surface area (TPSA) is 21.3 Å². The summed E-state index contributed by atoms with van der Waals surface area (Å²) in [6, 6.07) is 11.9. The molecule has 1 N–H and O–H groups in total. The molecule has 112 valence electrons. The van der Waals surface area contributed by atoms with Crippen LogP contribution in [0.2, 0.25) is 0 Å². The molecule has 0 aromatic heterocycles. The normalized spacial score (nSPS) is 10.7. The number of hydrogen-bond donors (Lipinski definition) is 1. The van der Waals surface area contributed by atoms with Crippen LogP contribution >= 0.6 is 0 Å². The zero-order chi connectivity index (χ0) is 15.2. The fourth-order valence-corrected chi connectivity index (χ4v) is 1.90. The second kappa shape index (κ2) is 7.02. The van der Waals surface area contributed by atoms with Crippen molar-refractivity contribution in [2.75, 3.05) is 5.32 Å². The summed E-state index contributed by atoms with van der Waals surface area (Å²) in [4.78, 5) is 0. The highest BCUT2D eigenvalue weighted by atomic mass is 19.3. The van der Waals surface area contributed by atoms with E-state index in [0.717, 1.165) is 18.1 Å². The van der Waals surface area contributed by atoms with Gasteiger partial charge in [0.2, 0.25) is 0 Å². The fourth-order valence-electron chi connectivity index (χ4n) is 1.90. The molecular formula is C16H16F3NO. The SMILES string of the molecule is CCc1ccc(CNc2ccc(OC(F)F)c(F)c2)cc1. The third kappa shape index (κ3) is 4.41. The summed E-state index contributed by atoms with van der Waals surface area (Å²) in [7, 11) is 0. The van der Waals surface area contributed by atoms with Gasteiger partial charge < -0.3 is 10.1 Å². The molecule has 21 heavy (non-hydrogen) atoms. The van der Waals surface area contributed by atoms with Crippen LogP contribution in [0.5, 0.6) is 5.75 Å². The van der Waals surface area contributed by atoms with Gasteiger partial charge >= 0.3 is 6.61 Å². The Labute approximate surface area is 121 Å². The molecule has 2 nitrogen and oxygen atoms in total. The van der Waals surface area contributed by atoms with Gasteiger partial charge in [0.1, 0.15) is 0 Å². The zero-order valence-corrected chi connectivity index (χ0v) is 11.6. The molecule has 2 rings (SSSR count). The molecule has 0 aliphatic rings. The van der Waals surface area contributed by atoms with E-state index < -0.39 is 18.2 Å². The van der Waals surface area contributed by atoms with Crippen molar-refractivity contribution in [3.63, 3.8) is 0 Å². The van der Waals surface area contributed by atoms with Crippen molar-refractivity contribution in [2.24, 2.45) is 0 Å². The van der Waals surface area contributed by atoms with Crippen LogP contribution in [0.4, 0.5) is 18.9 Å². The number of rotatable bonds is 6. The average molecular weight is 295 g/mol. The van der Waals surface area contributed by atoms with Crippen LogP contribution in [0.3, 0.4) is 0 Å². The van der Waals surface area contributed by atoms with Crippen LogP contribution in [0.1, 0.15) is 18.1 Å². The number of nitrogens with one attached hydrogen (secondary N) is 1. The van der Waals surface area contributed by atoms with E-state index in [2.05, 4.69) is 17.0 Å². The van der Waals surface area contributed by atoms with Gasteiger partial charge in [0.05, 0.1) is 0 Å². The smallest absolute Gasteiger partial charge is 0.387 e. The Morgan fingerprint density at radius 2 is 1.71 bits per heavy atom. The predicted octanol–water partition coefficient (Wildman–Crippen LogP) is 4.60. The summed E-state index contributed by atoms with van der Waals surface area (Å²) in [6.45, 7) is -0.423. The van der Waals surface area contributed by atoms with E-state index in [4.69, 9.17) is 0 Å². The second-order valence-electron chi connectivity index (χ2n) is 4.55. The summed E-state index contributed by atoms with van der Waals surface area (Å²) < 4.78 is 41.6. The lowest BCUT2D eigenvalue weighted by Crippen LogP contribution is -2.05. The van der Waals surface area contributed by atoms with Crippen molar-refractivity contribution < 1.29 is 17.9 Å². The van der Waals surface area contributed by atoms with Gasteiger partial charge in [-0.05, 0) is 29.7 Å². The first-order valence-electron chi connectivity index (χ1n) is 6.64. The van der Waals surface area contributed by atoms with E-state index in [1.165, 1.54) is 17.7 Å². The zero-order valence-electron chi connectivity index (χ0n) is 11.6. The molecule has 0 saturated carbocycles. The highest BCUT2D eigenvalue weighted by molar-refractivity contribution is 5.47. The van der Waals surface area contributed by atoms with Gasteiger partial charge in [0.15, 0.2) is 11.6 Å². The number of anilines is 1. The third-order valence-electron chi connectivity index (χ3n) is 3.08. The van der Waals surface area contributed by atoms with Crippen molar-refractivity contribution in [3.05, 3.63) is 59.4 Å². The Kier molecular flexibility index (Phi) is 5.09. The summed E-state index contributed by atoms with van der Waals surface area (Å²) in [5, 5.41) is 3.04. The van der Waals surface area contributed by atoms with E-state index in [0.29, 0.717) is 12.2 Å². The lowest BCUT2D eigenvalue weighted by molar-refractivity contribution is -0.0521. The molecule has 0 atom stereocenters. The van der Waals surface area contributed by atoms with Gasteiger partial charge in [-0.2, -0.15) is 8.78 Å². The van der Waals surface area contributed by atoms with Crippen LogP contribution in [0.25, 0.3) is 0 Å². The van der Waals surface area contributed by atoms with Gasteiger partial charge in [-0.25, -0.2) is 4.39 Å². The van der Waals surface area contributed by atoms with Crippen LogP contribution in [0.15, 0.2) is 42.5 Å². The Morgan fingerprint density at radius 3 is 2.29 bits per heavy atom. The first-order chi connectivity index (χ1) is 10.1. The molecule has 0 spiro atoms. The minimum Gasteiger partial charge on any atom is -0.432 e. The van der Waals surface area contributed by atoms with Crippen LogP contribution < -0.4 is 10.1 Å². The van der Waals surface area contributed by atoms with Gasteiger partial charge in [0, 0.05) is 18.3 Å². The number of hydrogen-bond acceptors (Lipinski definition) is 2. The molecule has 2 aromatic rings. The second-order valence-corrected chi connectivity index (χ2v) is 4.55. The lowest BCUT2D eigenvalue weighted by Gasteiger charge is -2.10. The number of ether oxygens (including phenoxy) is 1. The summed E-state index contributed by atoms with van der Waals surface area (Å²) >= 11 is 0. The molecule has 0 radical (unpaired) electrons. The minimum atomic E-state index is -3.03. The van der Waals surface area contributed by atoms with Crippen molar-refractivity contribution in [2.45, 2.75) is 26.5 Å². The quantitative estimate of drug-likeness (QED) is 0.841. The van der Waals surface area contributed by atoms with Crippen LogP contribution in [-0.2, 0) is 13.0 Å². The minimum absolute atomic E-state index is 0.456. The predicted molar refractivity (Wildman–Crippen MR) is 76.2 cm³/mol. The van der Waals surface area contributed by atoms with E-state index in [1.54, 1.807) is 0 Å². The van der Waals surface area contributed by atoms with Gasteiger partial charge in [-0.15, -0.1) is 0 Å². The largest absolute Gasteiger partial charge is 0.432 e. The first kappa shape index (κ1) is 15.2. The molecule has 0 unspecified atom stereocenters. The average Bonchev–Trinajstić information content (AvgIpc) is 2.48. The van der Waals surface area contributed by atoms with E-state index >= 15 is 0 Å². The summed E-state index contributed by atoms with van der Waals surface area (Å²) in [5.41, 5.74) is 2.81. The van der Waals surface area contributed by atoms with Crippen molar-refractivity contribution in [1.29, 1.82) is 0 Å². The Bertz CT molecular complexity index is 585. The highest BCUT2D eigenvalue weighted by Gasteiger charge is 2.10. The molecule has 0 aliphatic heterocycles. The molecule has 0 amide bonds. The Hall–Kier alpha value is -2.17. The molecule has 0 aliphatic carbocycles. The fraction of sp³-hybridized carbons (Fsp3) is 0.250. The van der Waals surface area contributed by atoms with Crippen molar-refractivity contribution in [3.8, 4) is 5.75 Å². The Morgan fingerprint density at radius 1 is 1.05 bits per heavy atom. The molecule has 5 heteroatoms. The van der Waals surface area contributed by atoms with E-state index in [9.17, 15) is 13.2 Å². The molecule has 0 heterocycles. The van der Waals surface area contributed by atoms with Crippen molar-refractivity contribution in [1.82, 2.24) is 0 Å². The van der Waals surface area contributed by atoms with Crippen molar-refractivity contribution >= 4 is 5.69 Å².